The third-order valence-electron chi connectivity index (χ3n) is 4.14. The summed E-state index contributed by atoms with van der Waals surface area (Å²) in [6.07, 6.45) is 0.661. The lowest BCUT2D eigenvalue weighted by molar-refractivity contribution is -0.130. The monoisotopic (exact) mass is 320 g/mol. The number of nitrogens with one attached hydrogen (secondary N) is 1. The van der Waals surface area contributed by atoms with Crippen LogP contribution in [0.3, 0.4) is 0 Å². The van der Waals surface area contributed by atoms with Crippen molar-refractivity contribution >= 4 is 11.8 Å². The highest BCUT2D eigenvalue weighted by molar-refractivity contribution is 5.79. The number of hydrogen-bond acceptors (Lipinski definition) is 4. The summed E-state index contributed by atoms with van der Waals surface area (Å²) in [7, 11) is 1.59. The molecule has 1 heterocycles. The van der Waals surface area contributed by atoms with E-state index in [4.69, 9.17) is 4.74 Å². The Morgan fingerprint density at radius 1 is 1.30 bits per heavy atom. The SMILES string of the molecule is COc1ccccc1CC(=O)N1CC[C@H](NC(C)=O)[C@@H](O)CC1. The first kappa shape index (κ1) is 17.3. The predicted octanol–water partition coefficient (Wildman–Crippen LogP) is 0.726. The minimum absolute atomic E-state index is 0.00479. The third kappa shape index (κ3) is 4.69. The van der Waals surface area contributed by atoms with Crippen LogP contribution < -0.4 is 10.1 Å². The minimum Gasteiger partial charge on any atom is -0.496 e. The van der Waals surface area contributed by atoms with Gasteiger partial charge in [-0.15, -0.1) is 0 Å². The second-order valence-electron chi connectivity index (χ2n) is 5.82. The van der Waals surface area contributed by atoms with E-state index < -0.39 is 6.10 Å². The van der Waals surface area contributed by atoms with Crippen LogP contribution in [0.4, 0.5) is 0 Å². The molecular weight excluding hydrogens is 296 g/mol. The molecule has 0 bridgehead atoms. The fourth-order valence-electron chi connectivity index (χ4n) is 2.89. The van der Waals surface area contributed by atoms with Gasteiger partial charge in [0.1, 0.15) is 5.75 Å². The molecule has 6 nitrogen and oxygen atoms in total. The molecule has 1 aromatic carbocycles. The van der Waals surface area contributed by atoms with Crippen LogP contribution in [-0.2, 0) is 16.0 Å². The van der Waals surface area contributed by atoms with Crippen LogP contribution in [0.1, 0.15) is 25.3 Å². The number of rotatable bonds is 4. The topological polar surface area (TPSA) is 78.9 Å². The number of amides is 2. The summed E-state index contributed by atoms with van der Waals surface area (Å²) in [5, 5.41) is 12.8. The number of aliphatic hydroxyl groups excluding tert-OH is 1. The van der Waals surface area contributed by atoms with E-state index in [1.54, 1.807) is 12.0 Å². The molecule has 0 aromatic heterocycles. The molecule has 1 aromatic rings. The number of benzene rings is 1. The third-order valence-corrected chi connectivity index (χ3v) is 4.14. The average Bonchev–Trinajstić information content (AvgIpc) is 2.70. The summed E-state index contributed by atoms with van der Waals surface area (Å²) in [5.41, 5.74) is 0.850. The van der Waals surface area contributed by atoms with Gasteiger partial charge in [-0.25, -0.2) is 0 Å². The van der Waals surface area contributed by atoms with Crippen molar-refractivity contribution in [2.24, 2.45) is 0 Å². The highest BCUT2D eigenvalue weighted by Crippen LogP contribution is 2.20. The zero-order chi connectivity index (χ0) is 16.8. The maximum atomic E-state index is 12.5. The van der Waals surface area contributed by atoms with E-state index in [1.807, 2.05) is 24.3 Å². The van der Waals surface area contributed by atoms with Gasteiger partial charge in [0.05, 0.1) is 25.7 Å². The van der Waals surface area contributed by atoms with Crippen molar-refractivity contribution in [2.45, 2.75) is 38.3 Å². The summed E-state index contributed by atoms with van der Waals surface area (Å²) in [5.74, 6) is 0.542. The Bertz CT molecular complexity index is 561. The molecule has 0 spiro atoms. The van der Waals surface area contributed by atoms with Crippen molar-refractivity contribution in [3.8, 4) is 5.75 Å². The van der Waals surface area contributed by atoms with Gasteiger partial charge in [-0.2, -0.15) is 0 Å². The number of nitrogens with zero attached hydrogens (tertiary/aromatic N) is 1. The number of methoxy groups -OCH3 is 1. The summed E-state index contributed by atoms with van der Waals surface area (Å²) in [6.45, 7) is 2.45. The Morgan fingerprint density at radius 2 is 2.00 bits per heavy atom. The Kier molecular flexibility index (Phi) is 5.98. The number of carbonyl (C=O) groups excluding carboxylic acids is 2. The van der Waals surface area contributed by atoms with Crippen LogP contribution in [0.2, 0.25) is 0 Å². The van der Waals surface area contributed by atoms with Crippen molar-refractivity contribution in [1.29, 1.82) is 0 Å². The van der Waals surface area contributed by atoms with Gasteiger partial charge in [0.25, 0.3) is 0 Å². The molecule has 6 heteroatoms. The summed E-state index contributed by atoms with van der Waals surface area (Å²) in [6, 6.07) is 7.17. The standard InChI is InChI=1S/C17H24N2O4/c1-12(20)18-14-7-9-19(10-8-15(14)21)17(22)11-13-5-3-4-6-16(13)23-2/h3-6,14-15,21H,7-11H2,1-2H3,(H,18,20)/t14-,15-/m0/s1. The van der Waals surface area contributed by atoms with Crippen molar-refractivity contribution in [3.05, 3.63) is 29.8 Å². The first-order chi connectivity index (χ1) is 11.0. The molecule has 1 aliphatic rings. The van der Waals surface area contributed by atoms with Crippen LogP contribution >= 0.6 is 0 Å². The second kappa shape index (κ2) is 7.97. The minimum atomic E-state index is -0.622. The number of likely N-dealkylation sites (tertiary alicyclic amines) is 1. The van der Waals surface area contributed by atoms with Gasteiger partial charge in [0.15, 0.2) is 0 Å². The van der Waals surface area contributed by atoms with Crippen LogP contribution in [-0.4, -0.2) is 54.2 Å². The molecule has 0 aliphatic carbocycles. The first-order valence-electron chi connectivity index (χ1n) is 7.86. The zero-order valence-corrected chi connectivity index (χ0v) is 13.6. The van der Waals surface area contributed by atoms with E-state index in [9.17, 15) is 14.7 Å². The van der Waals surface area contributed by atoms with Crippen LogP contribution in [0.5, 0.6) is 5.75 Å². The molecule has 23 heavy (non-hydrogen) atoms. The number of para-hydroxylation sites is 1. The van der Waals surface area contributed by atoms with Crippen molar-refractivity contribution < 1.29 is 19.4 Å². The van der Waals surface area contributed by atoms with Crippen LogP contribution in [0.15, 0.2) is 24.3 Å². The smallest absolute Gasteiger partial charge is 0.227 e. The fourth-order valence-corrected chi connectivity index (χ4v) is 2.89. The Balaban J connectivity index is 1.99. The maximum absolute atomic E-state index is 12.5. The van der Waals surface area contributed by atoms with E-state index in [1.165, 1.54) is 6.92 Å². The molecule has 2 atom stereocenters. The maximum Gasteiger partial charge on any atom is 0.227 e. The van der Waals surface area contributed by atoms with E-state index in [2.05, 4.69) is 5.32 Å². The molecule has 0 saturated carbocycles. The summed E-state index contributed by atoms with van der Waals surface area (Å²) >= 11 is 0. The lowest BCUT2D eigenvalue weighted by atomic mass is 10.1. The molecule has 2 rings (SSSR count). The number of ether oxygens (including phenoxy) is 1. The molecule has 0 unspecified atom stereocenters. The highest BCUT2D eigenvalue weighted by Gasteiger charge is 2.27. The van der Waals surface area contributed by atoms with E-state index in [0.717, 1.165) is 5.56 Å². The fraction of sp³-hybridized carbons (Fsp3) is 0.529. The van der Waals surface area contributed by atoms with E-state index >= 15 is 0 Å². The Hall–Kier alpha value is -2.08. The van der Waals surface area contributed by atoms with Gasteiger partial charge in [0, 0.05) is 25.6 Å². The number of carbonyl (C=O) groups is 2. The lowest BCUT2D eigenvalue weighted by Crippen LogP contribution is -2.42. The number of aliphatic hydroxyl groups is 1. The molecule has 1 saturated heterocycles. The van der Waals surface area contributed by atoms with Gasteiger partial charge >= 0.3 is 0 Å². The molecule has 2 amide bonds. The summed E-state index contributed by atoms with van der Waals surface area (Å²) in [4.78, 5) is 25.5. The Labute approximate surface area is 136 Å². The van der Waals surface area contributed by atoms with E-state index in [-0.39, 0.29) is 24.3 Å². The molecule has 1 fully saturated rings. The molecule has 2 N–H and O–H groups in total. The van der Waals surface area contributed by atoms with Crippen molar-refractivity contribution in [3.63, 3.8) is 0 Å². The van der Waals surface area contributed by atoms with Gasteiger partial charge < -0.3 is 20.1 Å². The number of hydrogen-bond donors (Lipinski definition) is 2. The van der Waals surface area contributed by atoms with Gasteiger partial charge in [0.2, 0.25) is 11.8 Å². The zero-order valence-electron chi connectivity index (χ0n) is 13.6. The normalized spacial score (nSPS) is 21.4. The van der Waals surface area contributed by atoms with Gasteiger partial charge in [-0.3, -0.25) is 9.59 Å². The van der Waals surface area contributed by atoms with Crippen molar-refractivity contribution in [2.75, 3.05) is 20.2 Å². The molecular formula is C17H24N2O4. The summed E-state index contributed by atoms with van der Waals surface area (Å²) < 4.78 is 5.28. The largest absolute Gasteiger partial charge is 0.496 e. The molecule has 1 aliphatic heterocycles. The highest BCUT2D eigenvalue weighted by atomic mass is 16.5. The Morgan fingerprint density at radius 3 is 2.70 bits per heavy atom. The predicted molar refractivity (Wildman–Crippen MR) is 86.1 cm³/mol. The first-order valence-corrected chi connectivity index (χ1v) is 7.86. The van der Waals surface area contributed by atoms with Crippen LogP contribution in [0, 0.1) is 0 Å². The molecule has 0 radical (unpaired) electrons. The molecule has 126 valence electrons. The van der Waals surface area contributed by atoms with E-state index in [0.29, 0.717) is 31.7 Å². The lowest BCUT2D eigenvalue weighted by Gasteiger charge is -2.21. The van der Waals surface area contributed by atoms with Crippen LogP contribution in [0.25, 0.3) is 0 Å². The quantitative estimate of drug-likeness (QED) is 0.857. The van der Waals surface area contributed by atoms with Gasteiger partial charge in [-0.1, -0.05) is 18.2 Å². The van der Waals surface area contributed by atoms with Gasteiger partial charge in [-0.05, 0) is 18.9 Å². The second-order valence-corrected chi connectivity index (χ2v) is 5.82. The van der Waals surface area contributed by atoms with Crippen molar-refractivity contribution in [1.82, 2.24) is 10.2 Å². The average molecular weight is 320 g/mol.